The Morgan fingerprint density at radius 1 is 1.21 bits per heavy atom. The van der Waals surface area contributed by atoms with Crippen LogP contribution in [0.4, 0.5) is 0 Å². The second-order valence-electron chi connectivity index (χ2n) is 5.80. The van der Waals surface area contributed by atoms with Crippen molar-refractivity contribution in [3.8, 4) is 5.75 Å². The summed E-state index contributed by atoms with van der Waals surface area (Å²) in [5, 5.41) is 9.95. The lowest BCUT2D eigenvalue weighted by atomic mass is 9.76. The zero-order chi connectivity index (χ0) is 16.6. The molecule has 0 saturated heterocycles. The van der Waals surface area contributed by atoms with E-state index >= 15 is 0 Å². The molecule has 0 saturated carbocycles. The number of carboxylic acids is 1. The maximum Gasteiger partial charge on any atom is 0.373 e. The first-order chi connectivity index (χ1) is 10.9. The summed E-state index contributed by atoms with van der Waals surface area (Å²) in [6.07, 6.45) is -1.37. The van der Waals surface area contributed by atoms with E-state index in [0.717, 1.165) is 11.1 Å². The summed E-state index contributed by atoms with van der Waals surface area (Å²) < 4.78 is 11.5. The van der Waals surface area contributed by atoms with Gasteiger partial charge >= 0.3 is 5.97 Å². The molecule has 0 aromatic heterocycles. The Morgan fingerprint density at radius 3 is 2.46 bits per heavy atom. The fourth-order valence-electron chi connectivity index (χ4n) is 3.06. The van der Waals surface area contributed by atoms with Gasteiger partial charge in [-0.25, -0.2) is 4.79 Å². The summed E-state index contributed by atoms with van der Waals surface area (Å²) in [6, 6.07) is 14.7. The van der Waals surface area contributed by atoms with E-state index in [2.05, 4.69) is 0 Å². The van der Waals surface area contributed by atoms with Gasteiger partial charge in [0.25, 0.3) is 6.29 Å². The summed E-state index contributed by atoms with van der Waals surface area (Å²) in [5.74, 6) is -0.718. The van der Waals surface area contributed by atoms with Crippen molar-refractivity contribution in [2.75, 3.05) is 0 Å². The van der Waals surface area contributed by atoms with Crippen LogP contribution in [0.2, 0.25) is 5.02 Å². The molecule has 2 atom stereocenters. The van der Waals surface area contributed by atoms with Crippen molar-refractivity contribution >= 4 is 30.0 Å². The van der Waals surface area contributed by atoms with Gasteiger partial charge in [0.05, 0.1) is 0 Å². The summed E-state index contributed by atoms with van der Waals surface area (Å²) in [6.45, 7) is 3.98. The monoisotopic (exact) mass is 368 g/mol. The molecule has 6 heteroatoms. The number of halogens is 2. The Bertz CT molecular complexity index is 733. The van der Waals surface area contributed by atoms with Gasteiger partial charge in [0.2, 0.25) is 0 Å². The lowest BCUT2D eigenvalue weighted by molar-refractivity contribution is -0.213. The Balaban J connectivity index is 0.00000208. The van der Waals surface area contributed by atoms with Gasteiger partial charge in [-0.3, -0.25) is 0 Å². The number of hydrogen-bond donors (Lipinski definition) is 1. The average molecular weight is 369 g/mol. The number of hydrogen-bond acceptors (Lipinski definition) is 3. The molecule has 2 aromatic rings. The van der Waals surface area contributed by atoms with E-state index in [1.54, 1.807) is 18.2 Å². The number of benzene rings is 2. The highest BCUT2D eigenvalue weighted by Gasteiger charge is 2.48. The van der Waals surface area contributed by atoms with Crippen molar-refractivity contribution in [2.24, 2.45) is 5.92 Å². The fourth-order valence-corrected chi connectivity index (χ4v) is 3.23. The van der Waals surface area contributed by atoms with Crippen LogP contribution in [-0.4, -0.2) is 17.4 Å². The molecular formula is C18H18Cl2O4. The molecule has 3 rings (SSSR count). The van der Waals surface area contributed by atoms with Crippen molar-refractivity contribution in [3.05, 3.63) is 64.7 Å². The molecule has 128 valence electrons. The molecule has 0 bridgehead atoms. The van der Waals surface area contributed by atoms with Gasteiger partial charge in [0, 0.05) is 10.6 Å². The summed E-state index contributed by atoms with van der Waals surface area (Å²) in [4.78, 5) is 11.5. The minimum Gasteiger partial charge on any atom is -0.477 e. The largest absolute Gasteiger partial charge is 0.477 e. The normalized spacial score (nSPS) is 22.2. The van der Waals surface area contributed by atoms with Crippen LogP contribution in [0.3, 0.4) is 0 Å². The van der Waals surface area contributed by atoms with E-state index in [1.807, 2.05) is 44.2 Å². The minimum absolute atomic E-state index is 0. The molecule has 1 aliphatic heterocycles. The molecule has 0 amide bonds. The van der Waals surface area contributed by atoms with Crippen LogP contribution in [0.1, 0.15) is 25.0 Å². The third-order valence-corrected chi connectivity index (χ3v) is 4.32. The number of ether oxygens (including phenoxy) is 2. The molecule has 1 heterocycles. The van der Waals surface area contributed by atoms with Crippen LogP contribution in [0.5, 0.6) is 5.75 Å². The van der Waals surface area contributed by atoms with Crippen molar-refractivity contribution in [1.82, 2.24) is 0 Å². The number of aliphatic carboxylic acids is 1. The number of fused-ring (bicyclic) bond motifs is 1. The molecule has 4 nitrogen and oxygen atoms in total. The van der Waals surface area contributed by atoms with E-state index in [1.165, 1.54) is 0 Å². The Labute approximate surface area is 151 Å². The zero-order valence-electron chi connectivity index (χ0n) is 13.2. The van der Waals surface area contributed by atoms with Crippen LogP contribution < -0.4 is 4.74 Å². The van der Waals surface area contributed by atoms with E-state index in [9.17, 15) is 9.90 Å². The van der Waals surface area contributed by atoms with Crippen LogP contribution in [0.15, 0.2) is 48.5 Å². The first kappa shape index (κ1) is 18.6. The lowest BCUT2D eigenvalue weighted by Crippen LogP contribution is -2.48. The third-order valence-electron chi connectivity index (χ3n) is 4.09. The van der Waals surface area contributed by atoms with Gasteiger partial charge in [0.1, 0.15) is 11.4 Å². The van der Waals surface area contributed by atoms with Crippen molar-refractivity contribution in [2.45, 2.75) is 25.7 Å². The average Bonchev–Trinajstić information content (AvgIpc) is 2.54. The van der Waals surface area contributed by atoms with Gasteiger partial charge in [-0.15, -0.1) is 12.4 Å². The lowest BCUT2D eigenvalue weighted by Gasteiger charge is -2.44. The van der Waals surface area contributed by atoms with Crippen molar-refractivity contribution in [3.63, 3.8) is 0 Å². The van der Waals surface area contributed by atoms with Crippen LogP contribution in [-0.2, 0) is 15.1 Å². The first-order valence-electron chi connectivity index (χ1n) is 7.38. The minimum atomic E-state index is -1.37. The predicted molar refractivity (Wildman–Crippen MR) is 93.9 cm³/mol. The highest BCUT2D eigenvalue weighted by molar-refractivity contribution is 6.30. The quantitative estimate of drug-likeness (QED) is 0.867. The molecular weight excluding hydrogens is 351 g/mol. The van der Waals surface area contributed by atoms with Gasteiger partial charge in [-0.05, 0) is 29.7 Å². The first-order valence-corrected chi connectivity index (χ1v) is 7.76. The van der Waals surface area contributed by atoms with Gasteiger partial charge < -0.3 is 14.6 Å². The Hall–Kier alpha value is -1.75. The molecule has 0 radical (unpaired) electrons. The zero-order valence-corrected chi connectivity index (χ0v) is 14.8. The fraction of sp³-hybridized carbons (Fsp3) is 0.278. The molecule has 2 unspecified atom stereocenters. The molecule has 0 spiro atoms. The highest BCUT2D eigenvalue weighted by Crippen LogP contribution is 2.49. The molecule has 0 aliphatic carbocycles. The number of rotatable bonds is 3. The van der Waals surface area contributed by atoms with Crippen LogP contribution >= 0.6 is 24.0 Å². The van der Waals surface area contributed by atoms with E-state index in [0.29, 0.717) is 10.8 Å². The molecule has 0 fully saturated rings. The summed E-state index contributed by atoms with van der Waals surface area (Å²) in [7, 11) is 0. The van der Waals surface area contributed by atoms with E-state index < -0.39 is 17.9 Å². The Morgan fingerprint density at radius 2 is 1.88 bits per heavy atom. The topological polar surface area (TPSA) is 55.8 Å². The van der Waals surface area contributed by atoms with Crippen molar-refractivity contribution < 1.29 is 19.4 Å². The molecule has 2 aromatic carbocycles. The van der Waals surface area contributed by atoms with Crippen LogP contribution in [0, 0.1) is 5.92 Å². The smallest absolute Gasteiger partial charge is 0.373 e. The molecule has 24 heavy (non-hydrogen) atoms. The van der Waals surface area contributed by atoms with Gasteiger partial charge in [0.15, 0.2) is 0 Å². The van der Waals surface area contributed by atoms with Crippen molar-refractivity contribution in [1.29, 1.82) is 0 Å². The standard InChI is InChI=1S/C18H17ClO4.ClH/c1-11(2)18(12-6-4-3-5-7-12)14-10-13(19)8-9-15(14)22-17(23-18)16(20)21;/h3-11,17H,1-2H3,(H,20,21);1H. The van der Waals surface area contributed by atoms with E-state index in [4.69, 9.17) is 21.1 Å². The van der Waals surface area contributed by atoms with Gasteiger partial charge in [-0.2, -0.15) is 0 Å². The number of carbonyl (C=O) groups is 1. The molecule has 1 aliphatic rings. The second kappa shape index (κ2) is 7.01. The summed E-state index contributed by atoms with van der Waals surface area (Å²) in [5.41, 5.74) is 0.666. The highest BCUT2D eigenvalue weighted by atomic mass is 35.5. The maximum absolute atomic E-state index is 11.5. The van der Waals surface area contributed by atoms with Crippen LogP contribution in [0.25, 0.3) is 0 Å². The Kier molecular flexibility index (Phi) is 5.43. The third kappa shape index (κ3) is 2.97. The molecule has 1 N–H and O–H groups in total. The van der Waals surface area contributed by atoms with Gasteiger partial charge in [-0.1, -0.05) is 55.8 Å². The SMILES string of the molecule is CC(C)C1(c2ccccc2)OC(C(=O)O)Oc2ccc(Cl)cc21.Cl. The number of carboxylic acid groups (broad SMARTS) is 1. The predicted octanol–water partition coefficient (Wildman–Crippen LogP) is 4.48. The maximum atomic E-state index is 11.5. The summed E-state index contributed by atoms with van der Waals surface area (Å²) >= 11 is 6.17. The second-order valence-corrected chi connectivity index (χ2v) is 6.24. The van der Waals surface area contributed by atoms with E-state index in [-0.39, 0.29) is 18.3 Å².